The van der Waals surface area contributed by atoms with E-state index in [1.165, 1.54) is 0 Å². The average Bonchev–Trinajstić information content (AvgIpc) is 1.72. The van der Waals surface area contributed by atoms with Crippen molar-refractivity contribution in [1.29, 1.82) is 0 Å². The summed E-state index contributed by atoms with van der Waals surface area (Å²) in [4.78, 5) is 0. The van der Waals surface area contributed by atoms with Crippen LogP contribution in [0.25, 0.3) is 24.6 Å². The molecule has 0 saturated heterocycles. The zero-order chi connectivity index (χ0) is 4.24. The topological polar surface area (TPSA) is 134 Å². The van der Waals surface area contributed by atoms with Crippen LogP contribution in [0, 0.1) is 6.07 Å². The van der Waals surface area contributed by atoms with E-state index >= 15 is 0 Å². The molecule has 1 aromatic carbocycles. The van der Waals surface area contributed by atoms with Gasteiger partial charge in [0.25, 0.3) is 0 Å². The molecule has 0 aromatic heterocycles. The molecule has 1 aromatic rings. The first-order valence-corrected chi connectivity index (χ1v) is 1.91. The van der Waals surface area contributed by atoms with E-state index < -0.39 is 0 Å². The maximum atomic E-state index is 2.89. The molecule has 0 saturated carbocycles. The molecule has 11 heavy (non-hydrogen) atoms. The van der Waals surface area contributed by atoms with Gasteiger partial charge in [0.2, 0.25) is 0 Å². The van der Waals surface area contributed by atoms with Crippen molar-refractivity contribution in [2.75, 3.05) is 0 Å². The fraction of sp³-hybridized carbons (Fsp3) is 0. The van der Waals surface area contributed by atoms with Crippen molar-refractivity contribution in [3.05, 3.63) is 61.0 Å². The Kier molecular flexibility index (Phi) is 64.3. The second-order valence-corrected chi connectivity index (χ2v) is 1.08. The zero-order valence-corrected chi connectivity index (χ0v) is 7.00. The smallest absolute Gasteiger partial charge is 0 e. The Labute approximate surface area is 78.0 Å². The van der Waals surface area contributed by atoms with Gasteiger partial charge in [0.05, 0.1) is 0 Å². The van der Waals surface area contributed by atoms with Crippen LogP contribution < -0.4 is 0 Å². The van der Waals surface area contributed by atoms with Crippen molar-refractivity contribution < 1.29 is 16.5 Å². The Morgan fingerprint density at radius 1 is 0.636 bits per heavy atom. The molecule has 4 nitrogen and oxygen atoms in total. The fourth-order valence-electron chi connectivity index (χ4n) is 0.342. The second-order valence-electron chi connectivity index (χ2n) is 1.08. The van der Waals surface area contributed by atoms with Crippen molar-refractivity contribution in [2.24, 2.45) is 0 Å². The van der Waals surface area contributed by atoms with Crippen LogP contribution in [0.15, 0.2) is 30.3 Å². The molecule has 0 aliphatic heterocycles. The molecule has 0 aliphatic carbocycles. The first kappa shape index (κ1) is 31.2. The summed E-state index contributed by atoms with van der Waals surface area (Å²) in [5.74, 6) is 0. The van der Waals surface area contributed by atoms with Crippen LogP contribution in [0.5, 0.6) is 0 Å². The SMILES string of the molecule is [NH2-].[NH2-].[NH2-].[NH2-].[Ni].[c-]1ccccc1. The fourth-order valence-corrected chi connectivity index (χ4v) is 0.342. The molecule has 0 spiro atoms. The monoisotopic (exact) mass is 199 g/mol. The van der Waals surface area contributed by atoms with Crippen LogP contribution in [0.4, 0.5) is 0 Å². The summed E-state index contributed by atoms with van der Waals surface area (Å²) in [6, 6.07) is 12.5. The van der Waals surface area contributed by atoms with Crippen LogP contribution >= 0.6 is 0 Å². The summed E-state index contributed by atoms with van der Waals surface area (Å²) in [7, 11) is 0. The first-order chi connectivity index (χ1) is 3.00. The van der Waals surface area contributed by atoms with Gasteiger partial charge in [-0.15, -0.1) is 0 Å². The number of nitrogens with two attached hydrogens (primary N) is 4. The van der Waals surface area contributed by atoms with Gasteiger partial charge in [-0.2, -0.15) is 36.4 Å². The summed E-state index contributed by atoms with van der Waals surface area (Å²) in [5.41, 5.74) is 0. The van der Waals surface area contributed by atoms with Crippen molar-refractivity contribution in [3.63, 3.8) is 0 Å². The van der Waals surface area contributed by atoms with Gasteiger partial charge in [-0.05, 0) is 0 Å². The molecule has 72 valence electrons. The molecular formula is C6H13N4Ni-5. The predicted molar refractivity (Wildman–Crippen MR) is 46.4 cm³/mol. The maximum Gasteiger partial charge on any atom is 0 e. The maximum absolute atomic E-state index is 2.89. The standard InChI is InChI=1S/C6H5.4H2N.Ni/c1-2-4-6-5-3-1;;;;;/h1-5H;4*1H2;/q5*-1;. The van der Waals surface area contributed by atoms with Crippen molar-refractivity contribution in [1.82, 2.24) is 0 Å². The molecule has 0 amide bonds. The minimum atomic E-state index is 0. The van der Waals surface area contributed by atoms with Gasteiger partial charge in [0, 0.05) is 16.5 Å². The number of rotatable bonds is 0. The third-order valence-electron chi connectivity index (χ3n) is 0.607. The summed E-state index contributed by atoms with van der Waals surface area (Å²) in [5, 5.41) is 0. The summed E-state index contributed by atoms with van der Waals surface area (Å²) >= 11 is 0. The van der Waals surface area contributed by atoms with Crippen LogP contribution in [-0.2, 0) is 16.5 Å². The van der Waals surface area contributed by atoms with Gasteiger partial charge < -0.3 is 24.6 Å². The van der Waals surface area contributed by atoms with Crippen LogP contribution in [0.1, 0.15) is 0 Å². The van der Waals surface area contributed by atoms with Crippen LogP contribution in [0.2, 0.25) is 0 Å². The molecule has 0 fully saturated rings. The quantitative estimate of drug-likeness (QED) is 0.434. The molecule has 0 bridgehead atoms. The van der Waals surface area contributed by atoms with Gasteiger partial charge in [0.15, 0.2) is 0 Å². The largest absolute Gasteiger partial charge is 0.693 e. The molecule has 1 rings (SSSR count). The second kappa shape index (κ2) is 22.7. The molecular weight excluding hydrogens is 187 g/mol. The van der Waals surface area contributed by atoms with Gasteiger partial charge in [0.1, 0.15) is 0 Å². The van der Waals surface area contributed by atoms with E-state index in [0.29, 0.717) is 0 Å². The summed E-state index contributed by atoms with van der Waals surface area (Å²) < 4.78 is 0. The van der Waals surface area contributed by atoms with Crippen LogP contribution in [0.3, 0.4) is 0 Å². The molecule has 8 N–H and O–H groups in total. The third kappa shape index (κ3) is 17.7. The van der Waals surface area contributed by atoms with E-state index in [4.69, 9.17) is 0 Å². The Morgan fingerprint density at radius 3 is 1.09 bits per heavy atom. The summed E-state index contributed by atoms with van der Waals surface area (Å²) in [6.45, 7) is 0. The zero-order valence-electron chi connectivity index (χ0n) is 6.01. The molecule has 0 radical (unpaired) electrons. The summed E-state index contributed by atoms with van der Waals surface area (Å²) in [6.07, 6.45) is 0. The Bertz CT molecular complexity index is 86.5. The third-order valence-corrected chi connectivity index (χ3v) is 0.607. The number of benzene rings is 1. The molecule has 5 heteroatoms. The van der Waals surface area contributed by atoms with E-state index in [9.17, 15) is 0 Å². The molecule has 0 heterocycles. The van der Waals surface area contributed by atoms with Crippen molar-refractivity contribution >= 4 is 0 Å². The number of hydrogen-bond acceptors (Lipinski definition) is 0. The van der Waals surface area contributed by atoms with Gasteiger partial charge >= 0.3 is 0 Å². The van der Waals surface area contributed by atoms with E-state index in [1.807, 2.05) is 30.3 Å². The van der Waals surface area contributed by atoms with E-state index in [2.05, 4.69) is 6.07 Å². The minimum Gasteiger partial charge on any atom is -0.693 e. The van der Waals surface area contributed by atoms with Crippen molar-refractivity contribution in [2.45, 2.75) is 0 Å². The Hall–Kier alpha value is -0.446. The van der Waals surface area contributed by atoms with E-state index in [0.717, 1.165) is 0 Å². The molecule has 0 unspecified atom stereocenters. The first-order valence-electron chi connectivity index (χ1n) is 1.91. The molecule has 0 aliphatic rings. The van der Waals surface area contributed by atoms with Crippen LogP contribution in [-0.4, -0.2) is 0 Å². The Morgan fingerprint density at radius 2 is 1.00 bits per heavy atom. The van der Waals surface area contributed by atoms with Gasteiger partial charge in [-0.25, -0.2) is 0 Å². The number of hydrogen-bond donors (Lipinski definition) is 0. The van der Waals surface area contributed by atoms with E-state index in [1.54, 1.807) is 0 Å². The predicted octanol–water partition coefficient (Wildman–Crippen LogP) is 4.35. The Balaban J connectivity index is -0.0000000240. The van der Waals surface area contributed by atoms with Gasteiger partial charge in [-0.1, -0.05) is 0 Å². The normalized spacial score (nSPS) is 4.36. The van der Waals surface area contributed by atoms with Gasteiger partial charge in [-0.3, -0.25) is 0 Å². The van der Waals surface area contributed by atoms with Crippen molar-refractivity contribution in [3.8, 4) is 0 Å². The average molecular weight is 200 g/mol. The van der Waals surface area contributed by atoms with E-state index in [-0.39, 0.29) is 41.1 Å². The molecule has 0 atom stereocenters. The minimum absolute atomic E-state index is 0.